The minimum Gasteiger partial charge on any atom is -0.349 e. The number of aryl methyl sites for hydroxylation is 2. The van der Waals surface area contributed by atoms with Crippen LogP contribution in [0.5, 0.6) is 0 Å². The Hall–Kier alpha value is -2.01. The summed E-state index contributed by atoms with van der Waals surface area (Å²) in [5, 5.41) is 11.7. The standard InChI is InChI=1S/C16H23N5/c1-3-14-15(4-2)20-21-16(19-14)18-13(11-17)10-12-8-6-5-7-9-12/h5-9,13H,3-4,10-11,17H2,1-2H3,(H,18,19,21). The van der Waals surface area contributed by atoms with E-state index < -0.39 is 0 Å². The molecule has 0 aliphatic carbocycles. The summed E-state index contributed by atoms with van der Waals surface area (Å²) < 4.78 is 0. The summed E-state index contributed by atoms with van der Waals surface area (Å²) in [5.41, 5.74) is 9.07. The van der Waals surface area contributed by atoms with Gasteiger partial charge in [-0.1, -0.05) is 44.2 Å². The molecule has 0 radical (unpaired) electrons. The molecule has 2 aromatic rings. The van der Waals surface area contributed by atoms with E-state index in [0.717, 1.165) is 30.7 Å². The zero-order valence-corrected chi connectivity index (χ0v) is 12.7. The van der Waals surface area contributed by atoms with Crippen molar-refractivity contribution in [1.29, 1.82) is 0 Å². The van der Waals surface area contributed by atoms with Gasteiger partial charge in [0.1, 0.15) is 0 Å². The number of rotatable bonds is 7. The summed E-state index contributed by atoms with van der Waals surface area (Å²) in [6.45, 7) is 4.67. The molecule has 2 rings (SSSR count). The van der Waals surface area contributed by atoms with Gasteiger partial charge in [0.15, 0.2) is 0 Å². The third-order valence-corrected chi connectivity index (χ3v) is 3.45. The second-order valence-corrected chi connectivity index (χ2v) is 5.00. The van der Waals surface area contributed by atoms with Crippen LogP contribution in [0.3, 0.4) is 0 Å². The van der Waals surface area contributed by atoms with Crippen molar-refractivity contribution in [2.24, 2.45) is 5.73 Å². The molecule has 5 nitrogen and oxygen atoms in total. The Balaban J connectivity index is 2.08. The number of nitrogens with one attached hydrogen (secondary N) is 1. The van der Waals surface area contributed by atoms with Crippen LogP contribution in [-0.2, 0) is 19.3 Å². The minimum absolute atomic E-state index is 0.103. The quantitative estimate of drug-likeness (QED) is 0.813. The maximum atomic E-state index is 5.86. The predicted molar refractivity (Wildman–Crippen MR) is 85.2 cm³/mol. The Labute approximate surface area is 126 Å². The lowest BCUT2D eigenvalue weighted by molar-refractivity contribution is 0.703. The van der Waals surface area contributed by atoms with E-state index in [4.69, 9.17) is 5.73 Å². The number of benzene rings is 1. The van der Waals surface area contributed by atoms with Crippen molar-refractivity contribution in [2.75, 3.05) is 11.9 Å². The molecular weight excluding hydrogens is 262 g/mol. The topological polar surface area (TPSA) is 76.7 Å². The van der Waals surface area contributed by atoms with Crippen LogP contribution in [0.25, 0.3) is 0 Å². The number of nitrogens with zero attached hydrogens (tertiary/aromatic N) is 3. The first-order chi connectivity index (χ1) is 10.3. The van der Waals surface area contributed by atoms with Crippen LogP contribution < -0.4 is 11.1 Å². The smallest absolute Gasteiger partial charge is 0.243 e. The fourth-order valence-corrected chi connectivity index (χ4v) is 2.27. The molecule has 0 fully saturated rings. The largest absolute Gasteiger partial charge is 0.349 e. The summed E-state index contributed by atoms with van der Waals surface area (Å²) >= 11 is 0. The molecule has 0 spiro atoms. The van der Waals surface area contributed by atoms with Gasteiger partial charge in [0.2, 0.25) is 5.95 Å². The number of hydrogen-bond acceptors (Lipinski definition) is 5. The summed E-state index contributed by atoms with van der Waals surface area (Å²) in [5.74, 6) is 0.565. The van der Waals surface area contributed by atoms with Crippen molar-refractivity contribution >= 4 is 5.95 Å². The first-order valence-electron chi connectivity index (χ1n) is 7.49. The lowest BCUT2D eigenvalue weighted by Crippen LogP contribution is -2.32. The van der Waals surface area contributed by atoms with Gasteiger partial charge in [-0.25, -0.2) is 4.98 Å². The molecule has 1 unspecified atom stereocenters. The zero-order chi connectivity index (χ0) is 15.1. The van der Waals surface area contributed by atoms with Gasteiger partial charge >= 0.3 is 0 Å². The van der Waals surface area contributed by atoms with Gasteiger partial charge in [-0.3, -0.25) is 0 Å². The van der Waals surface area contributed by atoms with Gasteiger partial charge in [0.05, 0.1) is 11.4 Å². The molecular formula is C16H23N5. The van der Waals surface area contributed by atoms with Crippen molar-refractivity contribution in [1.82, 2.24) is 15.2 Å². The zero-order valence-electron chi connectivity index (χ0n) is 12.7. The van der Waals surface area contributed by atoms with Gasteiger partial charge in [-0.2, -0.15) is 5.10 Å². The maximum Gasteiger partial charge on any atom is 0.243 e. The molecule has 1 heterocycles. The highest BCUT2D eigenvalue weighted by atomic mass is 15.2. The second kappa shape index (κ2) is 7.69. The predicted octanol–water partition coefficient (Wildman–Crippen LogP) is 1.98. The van der Waals surface area contributed by atoms with E-state index in [9.17, 15) is 0 Å². The molecule has 21 heavy (non-hydrogen) atoms. The highest BCUT2D eigenvalue weighted by Crippen LogP contribution is 2.10. The minimum atomic E-state index is 0.103. The molecule has 5 heteroatoms. The maximum absolute atomic E-state index is 5.86. The monoisotopic (exact) mass is 285 g/mol. The van der Waals surface area contributed by atoms with Gasteiger partial charge in [-0.05, 0) is 24.8 Å². The molecule has 3 N–H and O–H groups in total. The highest BCUT2D eigenvalue weighted by molar-refractivity contribution is 5.29. The Morgan fingerprint density at radius 2 is 1.76 bits per heavy atom. The van der Waals surface area contributed by atoms with Gasteiger partial charge in [-0.15, -0.1) is 5.10 Å². The van der Waals surface area contributed by atoms with Gasteiger partial charge < -0.3 is 11.1 Å². The van der Waals surface area contributed by atoms with Crippen molar-refractivity contribution in [3.05, 3.63) is 47.3 Å². The SMILES string of the molecule is CCc1nnc(NC(CN)Cc2ccccc2)nc1CC. The van der Waals surface area contributed by atoms with E-state index in [-0.39, 0.29) is 6.04 Å². The molecule has 0 amide bonds. The summed E-state index contributed by atoms with van der Waals surface area (Å²) in [4.78, 5) is 4.55. The van der Waals surface area contributed by atoms with E-state index in [1.807, 2.05) is 18.2 Å². The summed E-state index contributed by atoms with van der Waals surface area (Å²) in [6.07, 6.45) is 2.56. The van der Waals surface area contributed by atoms with Crippen molar-refractivity contribution in [3.63, 3.8) is 0 Å². The highest BCUT2D eigenvalue weighted by Gasteiger charge is 2.11. The first-order valence-corrected chi connectivity index (χ1v) is 7.49. The molecule has 0 saturated carbocycles. The normalized spacial score (nSPS) is 12.1. The van der Waals surface area contributed by atoms with Crippen molar-refractivity contribution in [3.8, 4) is 0 Å². The van der Waals surface area contributed by atoms with Gasteiger partial charge in [0.25, 0.3) is 0 Å². The number of nitrogens with two attached hydrogens (primary N) is 1. The van der Waals surface area contributed by atoms with Crippen LogP contribution in [0, 0.1) is 0 Å². The third kappa shape index (κ3) is 4.23. The van der Waals surface area contributed by atoms with Crippen molar-refractivity contribution in [2.45, 2.75) is 39.2 Å². The molecule has 0 saturated heterocycles. The summed E-state index contributed by atoms with van der Waals surface area (Å²) in [7, 11) is 0. The average Bonchev–Trinajstić information content (AvgIpc) is 2.55. The van der Waals surface area contributed by atoms with E-state index >= 15 is 0 Å². The van der Waals surface area contributed by atoms with Crippen LogP contribution in [0.4, 0.5) is 5.95 Å². The fourth-order valence-electron chi connectivity index (χ4n) is 2.27. The lowest BCUT2D eigenvalue weighted by atomic mass is 10.1. The van der Waals surface area contributed by atoms with Crippen LogP contribution in [0.15, 0.2) is 30.3 Å². The summed E-state index contributed by atoms with van der Waals surface area (Å²) in [6, 6.07) is 10.4. The Morgan fingerprint density at radius 3 is 2.38 bits per heavy atom. The number of hydrogen-bond donors (Lipinski definition) is 2. The third-order valence-electron chi connectivity index (χ3n) is 3.45. The second-order valence-electron chi connectivity index (χ2n) is 5.00. The van der Waals surface area contributed by atoms with Crippen molar-refractivity contribution < 1.29 is 0 Å². The Morgan fingerprint density at radius 1 is 1.05 bits per heavy atom. The molecule has 1 aromatic heterocycles. The molecule has 0 aliphatic heterocycles. The Kier molecular flexibility index (Phi) is 5.63. The van der Waals surface area contributed by atoms with Crippen LogP contribution >= 0.6 is 0 Å². The molecule has 1 atom stereocenters. The molecule has 0 bridgehead atoms. The lowest BCUT2D eigenvalue weighted by Gasteiger charge is -2.17. The molecule has 0 aliphatic rings. The van der Waals surface area contributed by atoms with Crippen LogP contribution in [0.2, 0.25) is 0 Å². The molecule has 112 valence electrons. The first kappa shape index (κ1) is 15.4. The fraction of sp³-hybridized carbons (Fsp3) is 0.438. The van der Waals surface area contributed by atoms with Crippen LogP contribution in [0.1, 0.15) is 30.8 Å². The Bertz CT molecular complexity index is 556. The van der Waals surface area contributed by atoms with Gasteiger partial charge in [0, 0.05) is 12.6 Å². The van der Waals surface area contributed by atoms with E-state index in [1.165, 1.54) is 5.56 Å². The number of anilines is 1. The van der Waals surface area contributed by atoms with Crippen LogP contribution in [-0.4, -0.2) is 27.8 Å². The van der Waals surface area contributed by atoms with E-state index in [2.05, 4.69) is 46.5 Å². The average molecular weight is 285 g/mol. The molecule has 1 aromatic carbocycles. The van der Waals surface area contributed by atoms with E-state index in [1.54, 1.807) is 0 Å². The number of aromatic nitrogens is 3. The van der Waals surface area contributed by atoms with E-state index in [0.29, 0.717) is 12.5 Å².